The highest BCUT2D eigenvalue weighted by Gasteiger charge is 2.45. The van der Waals surface area contributed by atoms with Gasteiger partial charge in [-0.15, -0.1) is 0 Å². The number of carbonyl (C=O) groups is 4. The van der Waals surface area contributed by atoms with Gasteiger partial charge in [-0.3, -0.25) is 29.3 Å². The number of benzene rings is 1. The first-order valence-corrected chi connectivity index (χ1v) is 10.9. The largest absolute Gasteiger partial charge is 0.368 e. The van der Waals surface area contributed by atoms with Crippen LogP contribution in [0.3, 0.4) is 0 Å². The number of nitrogens with zero attached hydrogens (tertiary/aromatic N) is 3. The average Bonchev–Trinajstić information content (AvgIpc) is 3.16. The molecule has 9 nitrogen and oxygen atoms in total. The molecular formula is C22H28N4O5. The third-order valence-electron chi connectivity index (χ3n) is 6.75. The molecule has 3 aliphatic rings. The van der Waals surface area contributed by atoms with Crippen LogP contribution < -0.4 is 10.4 Å². The van der Waals surface area contributed by atoms with Gasteiger partial charge in [0.1, 0.15) is 0 Å². The van der Waals surface area contributed by atoms with Crippen LogP contribution in [0.15, 0.2) is 30.3 Å². The summed E-state index contributed by atoms with van der Waals surface area (Å²) < 4.78 is 0. The lowest BCUT2D eigenvalue weighted by Crippen LogP contribution is -2.54. The zero-order chi connectivity index (χ0) is 22.0. The van der Waals surface area contributed by atoms with Crippen molar-refractivity contribution in [2.45, 2.75) is 38.1 Å². The molecule has 2 heterocycles. The lowest BCUT2D eigenvalue weighted by molar-refractivity contribution is -0.151. The van der Waals surface area contributed by atoms with Crippen molar-refractivity contribution in [3.63, 3.8) is 0 Å². The van der Waals surface area contributed by atoms with Crippen LogP contribution in [0.4, 0.5) is 5.69 Å². The Bertz CT molecular complexity index is 837. The molecule has 0 aromatic heterocycles. The van der Waals surface area contributed by atoms with Crippen molar-refractivity contribution in [2.75, 3.05) is 31.1 Å². The minimum Gasteiger partial charge on any atom is -0.368 e. The van der Waals surface area contributed by atoms with Crippen LogP contribution in [0, 0.1) is 11.8 Å². The molecule has 1 aliphatic carbocycles. The molecule has 9 heteroatoms. The Hall–Kier alpha value is -2.94. The van der Waals surface area contributed by atoms with E-state index in [1.54, 1.807) is 10.4 Å². The summed E-state index contributed by atoms with van der Waals surface area (Å²) >= 11 is 0. The number of amides is 4. The molecule has 1 aromatic rings. The SMILES string of the molecule is O=C(NO)[C@H]1CC(N2C(=O)CCC2=O)CC[C@@H]1C(=O)N1CCN(c2ccccc2)CC1. The van der Waals surface area contributed by atoms with Crippen LogP contribution >= 0.6 is 0 Å². The standard InChI is InChI=1S/C22H28N4O5/c27-19-8-9-20(28)26(19)16-6-7-17(18(14-16)21(29)23-31)22(30)25-12-10-24(11-13-25)15-4-2-1-3-5-15/h1-5,16-18,31H,6-14H2,(H,23,29)/t16?,17-,18-/m0/s1. The average molecular weight is 428 g/mol. The van der Waals surface area contributed by atoms with Gasteiger partial charge in [-0.05, 0) is 31.4 Å². The highest BCUT2D eigenvalue weighted by atomic mass is 16.5. The number of anilines is 1. The van der Waals surface area contributed by atoms with Crippen LogP contribution in [0.25, 0.3) is 0 Å². The van der Waals surface area contributed by atoms with E-state index in [4.69, 9.17) is 0 Å². The molecule has 166 valence electrons. The third kappa shape index (κ3) is 4.27. The van der Waals surface area contributed by atoms with E-state index in [0.717, 1.165) is 5.69 Å². The molecule has 0 bridgehead atoms. The lowest BCUT2D eigenvalue weighted by atomic mass is 9.75. The van der Waals surface area contributed by atoms with Gasteiger partial charge < -0.3 is 9.80 Å². The maximum Gasteiger partial charge on any atom is 0.247 e. The molecule has 3 fully saturated rings. The van der Waals surface area contributed by atoms with Crippen molar-refractivity contribution in [1.82, 2.24) is 15.3 Å². The quantitative estimate of drug-likeness (QED) is 0.417. The highest BCUT2D eigenvalue weighted by molar-refractivity contribution is 6.02. The third-order valence-corrected chi connectivity index (χ3v) is 6.75. The number of para-hydroxylation sites is 1. The van der Waals surface area contributed by atoms with E-state index in [2.05, 4.69) is 4.90 Å². The number of piperazine rings is 1. The zero-order valence-corrected chi connectivity index (χ0v) is 17.4. The Morgan fingerprint density at radius 2 is 1.55 bits per heavy atom. The van der Waals surface area contributed by atoms with E-state index in [9.17, 15) is 24.4 Å². The number of hydrogen-bond acceptors (Lipinski definition) is 6. The maximum atomic E-state index is 13.3. The second-order valence-corrected chi connectivity index (χ2v) is 8.46. The number of rotatable bonds is 4. The molecule has 1 unspecified atom stereocenters. The van der Waals surface area contributed by atoms with Crippen molar-refractivity contribution in [1.29, 1.82) is 0 Å². The minimum atomic E-state index is -0.774. The molecule has 4 amide bonds. The first-order valence-electron chi connectivity index (χ1n) is 10.9. The first kappa shape index (κ1) is 21.3. The van der Waals surface area contributed by atoms with Crippen molar-refractivity contribution < 1.29 is 24.4 Å². The molecule has 2 aliphatic heterocycles. The fraction of sp³-hybridized carbons (Fsp3) is 0.545. The van der Waals surface area contributed by atoms with Crippen LogP contribution in [0.5, 0.6) is 0 Å². The predicted molar refractivity (Wildman–Crippen MR) is 111 cm³/mol. The van der Waals surface area contributed by atoms with E-state index in [-0.39, 0.29) is 37.0 Å². The number of hydrogen-bond donors (Lipinski definition) is 2. The summed E-state index contributed by atoms with van der Waals surface area (Å²) in [4.78, 5) is 55.2. The smallest absolute Gasteiger partial charge is 0.247 e. The van der Waals surface area contributed by atoms with Gasteiger partial charge in [-0.2, -0.15) is 0 Å². The van der Waals surface area contributed by atoms with Crippen molar-refractivity contribution in [3.05, 3.63) is 30.3 Å². The molecule has 4 rings (SSSR count). The van der Waals surface area contributed by atoms with E-state index in [1.807, 2.05) is 30.3 Å². The summed E-state index contributed by atoms with van der Waals surface area (Å²) in [5.74, 6) is -2.52. The molecule has 3 atom stereocenters. The van der Waals surface area contributed by atoms with Gasteiger partial charge in [-0.1, -0.05) is 18.2 Å². The van der Waals surface area contributed by atoms with Crippen LogP contribution in [-0.2, 0) is 19.2 Å². The summed E-state index contributed by atoms with van der Waals surface area (Å²) in [5, 5.41) is 9.23. The molecule has 2 N–H and O–H groups in total. The second-order valence-electron chi connectivity index (χ2n) is 8.46. The topological polar surface area (TPSA) is 110 Å². The molecule has 0 radical (unpaired) electrons. The van der Waals surface area contributed by atoms with E-state index in [0.29, 0.717) is 39.0 Å². The van der Waals surface area contributed by atoms with Crippen LogP contribution in [0.2, 0.25) is 0 Å². The monoisotopic (exact) mass is 428 g/mol. The molecular weight excluding hydrogens is 400 g/mol. The van der Waals surface area contributed by atoms with Gasteiger partial charge >= 0.3 is 0 Å². The fourth-order valence-corrected chi connectivity index (χ4v) is 5.11. The highest BCUT2D eigenvalue weighted by Crippen LogP contribution is 2.36. The number of hydroxylamine groups is 1. The minimum absolute atomic E-state index is 0.0983. The lowest BCUT2D eigenvalue weighted by Gasteiger charge is -2.41. The van der Waals surface area contributed by atoms with Crippen molar-refractivity contribution >= 4 is 29.3 Å². The van der Waals surface area contributed by atoms with Crippen molar-refractivity contribution in [3.8, 4) is 0 Å². The summed E-state index contributed by atoms with van der Waals surface area (Å²) in [5.41, 5.74) is 2.80. The summed E-state index contributed by atoms with van der Waals surface area (Å²) in [6, 6.07) is 9.62. The zero-order valence-electron chi connectivity index (χ0n) is 17.4. The van der Waals surface area contributed by atoms with Crippen molar-refractivity contribution in [2.24, 2.45) is 11.8 Å². The molecule has 1 aromatic carbocycles. The molecule has 2 saturated heterocycles. The van der Waals surface area contributed by atoms with Gasteiger partial charge in [0.2, 0.25) is 23.6 Å². The fourth-order valence-electron chi connectivity index (χ4n) is 5.11. The summed E-state index contributed by atoms with van der Waals surface area (Å²) in [6.07, 6.45) is 1.48. The van der Waals surface area contributed by atoms with Gasteiger partial charge in [0.15, 0.2) is 0 Å². The maximum absolute atomic E-state index is 13.3. The summed E-state index contributed by atoms with van der Waals surface area (Å²) in [6.45, 7) is 2.53. The van der Waals surface area contributed by atoms with Crippen LogP contribution in [0.1, 0.15) is 32.1 Å². The first-order chi connectivity index (χ1) is 15.0. The molecule has 1 saturated carbocycles. The second kappa shape index (κ2) is 9.05. The number of imide groups is 1. The van der Waals surface area contributed by atoms with Gasteiger partial charge in [0.05, 0.1) is 5.92 Å². The van der Waals surface area contributed by atoms with Gasteiger partial charge in [0.25, 0.3) is 0 Å². The molecule has 31 heavy (non-hydrogen) atoms. The number of likely N-dealkylation sites (tertiary alicyclic amines) is 1. The van der Waals surface area contributed by atoms with Gasteiger partial charge in [-0.25, -0.2) is 5.48 Å². The number of nitrogens with one attached hydrogen (secondary N) is 1. The molecule has 0 spiro atoms. The Morgan fingerprint density at radius 1 is 0.903 bits per heavy atom. The Balaban J connectivity index is 1.42. The van der Waals surface area contributed by atoms with Gasteiger partial charge in [0, 0.05) is 56.7 Å². The number of carbonyl (C=O) groups excluding carboxylic acids is 4. The Morgan fingerprint density at radius 3 is 2.16 bits per heavy atom. The Labute approximate surface area is 180 Å². The Kier molecular flexibility index (Phi) is 6.22. The van der Waals surface area contributed by atoms with E-state index < -0.39 is 23.8 Å². The predicted octanol–water partition coefficient (Wildman–Crippen LogP) is 0.774. The van der Waals surface area contributed by atoms with E-state index in [1.165, 1.54) is 4.90 Å². The van der Waals surface area contributed by atoms with E-state index >= 15 is 0 Å². The van der Waals surface area contributed by atoms with Crippen LogP contribution in [-0.4, -0.2) is 70.9 Å². The normalized spacial score (nSPS) is 26.9. The summed E-state index contributed by atoms with van der Waals surface area (Å²) in [7, 11) is 0.